The average Bonchev–Trinajstić information content (AvgIpc) is 2.44. The molecule has 0 radical (unpaired) electrons. The van der Waals surface area contributed by atoms with E-state index in [2.05, 4.69) is 5.32 Å². The zero-order valence-electron chi connectivity index (χ0n) is 10.4. The maximum Gasteiger partial charge on any atom is 0.292 e. The molecule has 0 unspecified atom stereocenters. The van der Waals surface area contributed by atoms with Gasteiger partial charge in [-0.05, 0) is 42.0 Å². The summed E-state index contributed by atoms with van der Waals surface area (Å²) in [4.78, 5) is 23.5. The van der Waals surface area contributed by atoms with E-state index in [9.17, 15) is 9.59 Å². The summed E-state index contributed by atoms with van der Waals surface area (Å²) in [7, 11) is 0. The lowest BCUT2D eigenvalue weighted by Crippen LogP contribution is -2.24. The van der Waals surface area contributed by atoms with Crippen LogP contribution in [0.15, 0.2) is 48.5 Å². The molecule has 2 aromatic carbocycles. The van der Waals surface area contributed by atoms with Crippen LogP contribution in [0.25, 0.3) is 0 Å². The third-order valence-corrected chi connectivity index (χ3v) is 3.14. The summed E-state index contributed by atoms with van der Waals surface area (Å²) < 4.78 is 0. The molecule has 5 heteroatoms. The molecule has 0 aliphatic rings. The van der Waals surface area contributed by atoms with Gasteiger partial charge < -0.3 is 5.32 Å². The van der Waals surface area contributed by atoms with Crippen molar-refractivity contribution in [2.75, 3.05) is 5.32 Å². The number of carbonyl (C=O) groups excluding carboxylic acids is 2. The highest BCUT2D eigenvalue weighted by atomic mass is 35.5. The molecule has 2 rings (SSSR count). The Hall–Kier alpha value is -1.84. The van der Waals surface area contributed by atoms with Gasteiger partial charge in [-0.1, -0.05) is 35.3 Å². The van der Waals surface area contributed by atoms with E-state index < -0.39 is 11.7 Å². The summed E-state index contributed by atoms with van der Waals surface area (Å²) in [6.07, 6.45) is 0.0383. The highest BCUT2D eigenvalue weighted by Gasteiger charge is 2.14. The van der Waals surface area contributed by atoms with Crippen molar-refractivity contribution < 1.29 is 9.59 Å². The Morgan fingerprint density at radius 2 is 1.35 bits per heavy atom. The van der Waals surface area contributed by atoms with Crippen molar-refractivity contribution in [1.82, 2.24) is 0 Å². The second kappa shape index (κ2) is 6.55. The van der Waals surface area contributed by atoms with Crippen LogP contribution in [0.2, 0.25) is 10.0 Å². The van der Waals surface area contributed by atoms with E-state index in [1.807, 2.05) is 0 Å². The Kier molecular flexibility index (Phi) is 4.77. The number of nitrogens with one attached hydrogen (secondary N) is 1. The van der Waals surface area contributed by atoms with Crippen LogP contribution in [0.4, 0.5) is 5.69 Å². The van der Waals surface area contributed by atoms with Gasteiger partial charge in [0.1, 0.15) is 0 Å². The molecule has 0 aliphatic heterocycles. The second-order valence-electron chi connectivity index (χ2n) is 4.19. The van der Waals surface area contributed by atoms with Crippen LogP contribution in [0, 0.1) is 0 Å². The predicted molar refractivity (Wildman–Crippen MR) is 80.2 cm³/mol. The second-order valence-corrected chi connectivity index (χ2v) is 5.06. The van der Waals surface area contributed by atoms with E-state index in [-0.39, 0.29) is 6.42 Å². The fourth-order valence-electron chi connectivity index (χ4n) is 1.60. The highest BCUT2D eigenvalue weighted by Crippen LogP contribution is 2.14. The van der Waals surface area contributed by atoms with Crippen molar-refractivity contribution in [3.05, 3.63) is 64.1 Å². The number of anilines is 1. The average molecular weight is 308 g/mol. The van der Waals surface area contributed by atoms with Gasteiger partial charge in [-0.25, -0.2) is 0 Å². The summed E-state index contributed by atoms with van der Waals surface area (Å²) in [6, 6.07) is 13.3. The van der Waals surface area contributed by atoms with E-state index in [1.54, 1.807) is 48.5 Å². The van der Waals surface area contributed by atoms with Crippen molar-refractivity contribution in [2.24, 2.45) is 0 Å². The summed E-state index contributed by atoms with van der Waals surface area (Å²) in [5.41, 5.74) is 1.27. The Balaban J connectivity index is 1.96. The molecule has 1 amide bonds. The molecule has 0 spiro atoms. The van der Waals surface area contributed by atoms with Gasteiger partial charge in [0.25, 0.3) is 5.91 Å². The molecule has 1 N–H and O–H groups in total. The Morgan fingerprint density at radius 1 is 0.850 bits per heavy atom. The number of carbonyl (C=O) groups is 2. The molecule has 0 saturated carbocycles. The third-order valence-electron chi connectivity index (χ3n) is 2.63. The zero-order chi connectivity index (χ0) is 14.5. The van der Waals surface area contributed by atoms with E-state index in [4.69, 9.17) is 23.2 Å². The summed E-state index contributed by atoms with van der Waals surface area (Å²) >= 11 is 11.5. The number of benzene rings is 2. The fourth-order valence-corrected chi connectivity index (χ4v) is 1.85. The Morgan fingerprint density at radius 3 is 1.90 bits per heavy atom. The smallest absolute Gasteiger partial charge is 0.292 e. The standard InChI is InChI=1S/C15H11Cl2NO2/c16-11-3-1-10(2-4-11)9-14(19)15(20)18-13-7-5-12(17)6-8-13/h1-8H,9H2,(H,18,20). The molecule has 20 heavy (non-hydrogen) atoms. The van der Waals surface area contributed by atoms with E-state index in [0.717, 1.165) is 5.56 Å². The van der Waals surface area contributed by atoms with Gasteiger partial charge in [-0.15, -0.1) is 0 Å². The maximum atomic E-state index is 11.8. The molecule has 0 saturated heterocycles. The minimum atomic E-state index is -0.651. The number of rotatable bonds is 4. The van der Waals surface area contributed by atoms with Crippen LogP contribution in [0.3, 0.4) is 0 Å². The summed E-state index contributed by atoms with van der Waals surface area (Å²) in [6.45, 7) is 0. The van der Waals surface area contributed by atoms with Gasteiger partial charge in [0.15, 0.2) is 0 Å². The van der Waals surface area contributed by atoms with Gasteiger partial charge in [0.05, 0.1) is 0 Å². The first-order valence-corrected chi connectivity index (χ1v) is 6.64. The van der Waals surface area contributed by atoms with Crippen LogP contribution in [-0.2, 0) is 16.0 Å². The van der Waals surface area contributed by atoms with Crippen molar-refractivity contribution >= 4 is 40.6 Å². The number of ketones is 1. The quantitative estimate of drug-likeness (QED) is 0.875. The van der Waals surface area contributed by atoms with Gasteiger partial charge in [0.2, 0.25) is 5.78 Å². The fraction of sp³-hybridized carbons (Fsp3) is 0.0667. The highest BCUT2D eigenvalue weighted by molar-refractivity contribution is 6.41. The molecule has 0 atom stereocenters. The number of Topliss-reactive ketones (excluding diaryl/α,β-unsaturated/α-hetero) is 1. The molecular weight excluding hydrogens is 297 g/mol. The molecular formula is C15H11Cl2NO2. The first kappa shape index (κ1) is 14.6. The molecule has 0 heterocycles. The minimum absolute atomic E-state index is 0.0383. The van der Waals surface area contributed by atoms with Gasteiger partial charge in [-0.2, -0.15) is 0 Å². The molecule has 102 valence electrons. The van der Waals surface area contributed by atoms with Crippen LogP contribution < -0.4 is 5.32 Å². The predicted octanol–water partition coefficient (Wildman–Crippen LogP) is 3.74. The first-order chi connectivity index (χ1) is 9.54. The van der Waals surface area contributed by atoms with Crippen LogP contribution in [0.1, 0.15) is 5.56 Å². The van der Waals surface area contributed by atoms with Crippen LogP contribution >= 0.6 is 23.2 Å². The number of halogens is 2. The zero-order valence-corrected chi connectivity index (χ0v) is 11.9. The number of hydrogen-bond acceptors (Lipinski definition) is 2. The Bertz CT molecular complexity index is 564. The molecule has 0 bridgehead atoms. The SMILES string of the molecule is O=C(Cc1ccc(Cl)cc1)C(=O)Nc1ccc(Cl)cc1. The van der Waals surface area contributed by atoms with Crippen molar-refractivity contribution in [3.8, 4) is 0 Å². The lowest BCUT2D eigenvalue weighted by molar-refractivity contribution is -0.134. The molecule has 0 aromatic heterocycles. The topological polar surface area (TPSA) is 46.2 Å². The maximum absolute atomic E-state index is 11.8. The largest absolute Gasteiger partial charge is 0.319 e. The van der Waals surface area contributed by atoms with Gasteiger partial charge in [-0.3, -0.25) is 9.59 Å². The molecule has 0 aliphatic carbocycles. The number of hydrogen-bond donors (Lipinski definition) is 1. The Labute approximate surface area is 126 Å². The van der Waals surface area contributed by atoms with Gasteiger partial charge >= 0.3 is 0 Å². The number of amides is 1. The van der Waals surface area contributed by atoms with Crippen molar-refractivity contribution in [2.45, 2.75) is 6.42 Å². The van der Waals surface area contributed by atoms with E-state index in [0.29, 0.717) is 15.7 Å². The summed E-state index contributed by atoms with van der Waals surface area (Å²) in [5, 5.41) is 3.68. The normalized spacial score (nSPS) is 10.1. The lowest BCUT2D eigenvalue weighted by atomic mass is 10.1. The third kappa shape index (κ3) is 4.08. The minimum Gasteiger partial charge on any atom is -0.319 e. The molecule has 0 fully saturated rings. The van der Waals surface area contributed by atoms with E-state index in [1.165, 1.54) is 0 Å². The van der Waals surface area contributed by atoms with Crippen molar-refractivity contribution in [1.29, 1.82) is 0 Å². The molecule has 2 aromatic rings. The van der Waals surface area contributed by atoms with Gasteiger partial charge in [0, 0.05) is 22.2 Å². The van der Waals surface area contributed by atoms with Crippen LogP contribution in [0.5, 0.6) is 0 Å². The summed E-state index contributed by atoms with van der Waals surface area (Å²) in [5.74, 6) is -1.16. The lowest BCUT2D eigenvalue weighted by Gasteiger charge is -2.04. The van der Waals surface area contributed by atoms with E-state index >= 15 is 0 Å². The monoisotopic (exact) mass is 307 g/mol. The van der Waals surface area contributed by atoms with Crippen molar-refractivity contribution in [3.63, 3.8) is 0 Å². The first-order valence-electron chi connectivity index (χ1n) is 5.89. The van der Waals surface area contributed by atoms with Crippen LogP contribution in [-0.4, -0.2) is 11.7 Å². The molecule has 3 nitrogen and oxygen atoms in total.